The van der Waals surface area contributed by atoms with Crippen LogP contribution in [0.25, 0.3) is 0 Å². The van der Waals surface area contributed by atoms with E-state index in [0.29, 0.717) is 0 Å². The van der Waals surface area contributed by atoms with Crippen molar-refractivity contribution in [2.24, 2.45) is 5.92 Å². The Morgan fingerprint density at radius 1 is 1.58 bits per heavy atom. The number of hydrogen-bond donors (Lipinski definition) is 1. The summed E-state index contributed by atoms with van der Waals surface area (Å²) in [6.07, 6.45) is 0.455. The Kier molecular flexibility index (Phi) is 2.65. The first kappa shape index (κ1) is 9.00. The van der Waals surface area contributed by atoms with Crippen molar-refractivity contribution >= 4 is 5.78 Å². The molecule has 0 amide bonds. The van der Waals surface area contributed by atoms with E-state index in [1.807, 2.05) is 0 Å². The Morgan fingerprint density at radius 3 is 2.67 bits per heavy atom. The first-order chi connectivity index (χ1) is 5.63. The fourth-order valence-corrected chi connectivity index (χ4v) is 0.867. The first-order valence-electron chi connectivity index (χ1n) is 3.88. The lowest BCUT2D eigenvalue weighted by atomic mass is 10.0. The molecule has 0 bridgehead atoms. The molecule has 0 saturated carbocycles. The van der Waals surface area contributed by atoms with Gasteiger partial charge in [0.25, 0.3) is 0 Å². The molecule has 0 radical (unpaired) electrons. The lowest BCUT2D eigenvalue weighted by Gasteiger charge is -2.10. The van der Waals surface area contributed by atoms with Gasteiger partial charge in [0, 0.05) is 0 Å². The van der Waals surface area contributed by atoms with E-state index in [9.17, 15) is 9.90 Å². The van der Waals surface area contributed by atoms with E-state index in [0.717, 1.165) is 0 Å². The molecule has 1 heterocycles. The van der Waals surface area contributed by atoms with Crippen LogP contribution in [0.15, 0.2) is 22.8 Å². The highest BCUT2D eigenvalue weighted by Crippen LogP contribution is 2.10. The number of aliphatic hydroxyl groups excluding tert-OH is 1. The maximum Gasteiger partial charge on any atom is 0.226 e. The molecule has 1 aromatic heterocycles. The van der Waals surface area contributed by atoms with Crippen molar-refractivity contribution in [1.82, 2.24) is 0 Å². The minimum atomic E-state index is -0.962. The predicted octanol–water partition coefficient (Wildman–Crippen LogP) is 1.48. The second-order valence-electron chi connectivity index (χ2n) is 3.03. The smallest absolute Gasteiger partial charge is 0.226 e. The third-order valence-corrected chi connectivity index (χ3v) is 1.66. The summed E-state index contributed by atoms with van der Waals surface area (Å²) in [6, 6.07) is 3.17. The molecule has 1 aromatic rings. The molecule has 1 rings (SSSR count). The van der Waals surface area contributed by atoms with Gasteiger partial charge in [0.1, 0.15) is 6.10 Å². The average Bonchev–Trinajstić information content (AvgIpc) is 2.53. The van der Waals surface area contributed by atoms with E-state index < -0.39 is 6.10 Å². The lowest BCUT2D eigenvalue weighted by Crippen LogP contribution is -2.25. The summed E-state index contributed by atoms with van der Waals surface area (Å²) in [5.41, 5.74) is 0. The summed E-state index contributed by atoms with van der Waals surface area (Å²) < 4.78 is 4.86. The van der Waals surface area contributed by atoms with Gasteiger partial charge < -0.3 is 9.52 Å². The molecular weight excluding hydrogens is 156 g/mol. The topological polar surface area (TPSA) is 50.4 Å². The largest absolute Gasteiger partial charge is 0.461 e. The minimum Gasteiger partial charge on any atom is -0.461 e. The zero-order valence-corrected chi connectivity index (χ0v) is 7.15. The van der Waals surface area contributed by atoms with Gasteiger partial charge in [0.15, 0.2) is 5.76 Å². The number of carbonyl (C=O) groups excluding carboxylic acids is 1. The van der Waals surface area contributed by atoms with Crippen molar-refractivity contribution < 1.29 is 14.3 Å². The Balaban J connectivity index is 2.72. The van der Waals surface area contributed by atoms with Crippen molar-refractivity contribution in [3.05, 3.63) is 24.2 Å². The van der Waals surface area contributed by atoms with Crippen molar-refractivity contribution in [1.29, 1.82) is 0 Å². The fourth-order valence-electron chi connectivity index (χ4n) is 0.867. The SMILES string of the molecule is CC(C)C(O)C(=O)c1ccco1. The van der Waals surface area contributed by atoms with Gasteiger partial charge in [-0.2, -0.15) is 0 Å². The summed E-state index contributed by atoms with van der Waals surface area (Å²) in [4.78, 5) is 11.3. The van der Waals surface area contributed by atoms with Crippen LogP contribution in [0.5, 0.6) is 0 Å². The predicted molar refractivity (Wildman–Crippen MR) is 43.9 cm³/mol. The number of carbonyl (C=O) groups is 1. The van der Waals surface area contributed by atoms with E-state index in [4.69, 9.17) is 4.42 Å². The van der Waals surface area contributed by atoms with Gasteiger partial charge in [-0.3, -0.25) is 4.79 Å². The highest BCUT2D eigenvalue weighted by atomic mass is 16.3. The molecule has 0 aromatic carbocycles. The number of ketones is 1. The molecule has 0 saturated heterocycles. The van der Waals surface area contributed by atoms with Crippen LogP contribution in [0.4, 0.5) is 0 Å². The maximum absolute atomic E-state index is 11.3. The molecule has 0 aliphatic heterocycles. The molecule has 0 spiro atoms. The summed E-state index contributed by atoms with van der Waals surface area (Å²) >= 11 is 0. The van der Waals surface area contributed by atoms with Crippen LogP contribution >= 0.6 is 0 Å². The van der Waals surface area contributed by atoms with Crippen LogP contribution in [0.3, 0.4) is 0 Å². The van der Waals surface area contributed by atoms with E-state index in [1.54, 1.807) is 26.0 Å². The number of furan rings is 1. The summed E-state index contributed by atoms with van der Waals surface area (Å²) in [5, 5.41) is 9.36. The van der Waals surface area contributed by atoms with E-state index in [1.165, 1.54) is 6.26 Å². The van der Waals surface area contributed by atoms with Gasteiger partial charge in [-0.05, 0) is 18.1 Å². The number of Topliss-reactive ketones (excluding diaryl/α,β-unsaturated/α-hetero) is 1. The molecule has 3 heteroatoms. The molecular formula is C9H12O3. The second-order valence-corrected chi connectivity index (χ2v) is 3.03. The third kappa shape index (κ3) is 1.74. The molecule has 1 unspecified atom stereocenters. The van der Waals surface area contributed by atoms with E-state index >= 15 is 0 Å². The van der Waals surface area contributed by atoms with Gasteiger partial charge in [0.05, 0.1) is 6.26 Å². The van der Waals surface area contributed by atoms with Crippen molar-refractivity contribution in [2.75, 3.05) is 0 Å². The standard InChI is InChI=1S/C9H12O3/c1-6(2)8(10)9(11)7-4-3-5-12-7/h3-6,8,10H,1-2H3. The quantitative estimate of drug-likeness (QED) is 0.695. The number of rotatable bonds is 3. The van der Waals surface area contributed by atoms with Crippen molar-refractivity contribution in [3.8, 4) is 0 Å². The Morgan fingerprint density at radius 2 is 2.25 bits per heavy atom. The molecule has 3 nitrogen and oxygen atoms in total. The monoisotopic (exact) mass is 168 g/mol. The molecule has 1 atom stereocenters. The second kappa shape index (κ2) is 3.54. The van der Waals surface area contributed by atoms with Crippen molar-refractivity contribution in [2.45, 2.75) is 20.0 Å². The van der Waals surface area contributed by atoms with Gasteiger partial charge in [-0.1, -0.05) is 13.8 Å². The summed E-state index contributed by atoms with van der Waals surface area (Å²) in [6.45, 7) is 3.57. The Bertz CT molecular complexity index is 249. The molecule has 0 aliphatic carbocycles. The zero-order chi connectivity index (χ0) is 9.14. The van der Waals surface area contributed by atoms with E-state index in [-0.39, 0.29) is 17.5 Å². The zero-order valence-electron chi connectivity index (χ0n) is 7.15. The normalized spacial score (nSPS) is 13.3. The average molecular weight is 168 g/mol. The minimum absolute atomic E-state index is 0.0809. The van der Waals surface area contributed by atoms with Crippen LogP contribution in [0.1, 0.15) is 24.4 Å². The molecule has 66 valence electrons. The van der Waals surface area contributed by atoms with Crippen LogP contribution < -0.4 is 0 Å². The number of hydrogen-bond acceptors (Lipinski definition) is 3. The van der Waals surface area contributed by atoms with Crippen molar-refractivity contribution in [3.63, 3.8) is 0 Å². The van der Waals surface area contributed by atoms with Crippen LogP contribution in [0.2, 0.25) is 0 Å². The summed E-state index contributed by atoms with van der Waals surface area (Å²) in [7, 11) is 0. The fraction of sp³-hybridized carbons (Fsp3) is 0.444. The van der Waals surface area contributed by atoms with Crippen LogP contribution in [-0.2, 0) is 0 Å². The lowest BCUT2D eigenvalue weighted by molar-refractivity contribution is 0.0618. The molecule has 12 heavy (non-hydrogen) atoms. The molecule has 1 N–H and O–H groups in total. The van der Waals surface area contributed by atoms with Gasteiger partial charge in [0.2, 0.25) is 5.78 Å². The van der Waals surface area contributed by atoms with Gasteiger partial charge >= 0.3 is 0 Å². The van der Waals surface area contributed by atoms with Crippen LogP contribution in [-0.4, -0.2) is 17.0 Å². The summed E-state index contributed by atoms with van der Waals surface area (Å²) in [5.74, 6) is -0.214. The van der Waals surface area contributed by atoms with Gasteiger partial charge in [-0.15, -0.1) is 0 Å². The molecule has 0 aliphatic rings. The first-order valence-corrected chi connectivity index (χ1v) is 3.88. The number of aliphatic hydroxyl groups is 1. The van der Waals surface area contributed by atoms with E-state index in [2.05, 4.69) is 0 Å². The third-order valence-electron chi connectivity index (χ3n) is 1.66. The Labute approximate surface area is 71.0 Å². The highest BCUT2D eigenvalue weighted by molar-refractivity contribution is 5.96. The maximum atomic E-state index is 11.3. The van der Waals surface area contributed by atoms with Crippen LogP contribution in [0, 0.1) is 5.92 Å². The Hall–Kier alpha value is -1.09. The van der Waals surface area contributed by atoms with Gasteiger partial charge in [-0.25, -0.2) is 0 Å². The molecule has 0 fully saturated rings. The highest BCUT2D eigenvalue weighted by Gasteiger charge is 2.22.